The van der Waals surface area contributed by atoms with Gasteiger partial charge in [0, 0.05) is 29.8 Å². The summed E-state index contributed by atoms with van der Waals surface area (Å²) in [6.07, 6.45) is -24.5. The Morgan fingerprint density at radius 2 is 0.769 bits per heavy atom. The third kappa shape index (κ3) is 48.1. The summed E-state index contributed by atoms with van der Waals surface area (Å²) in [5.41, 5.74) is -7.51. The number of Topliss-reactive ketones (excluding diaryl/α,β-unsaturated/α-hetero) is 1. The molecule has 1 aromatic rings. The van der Waals surface area contributed by atoms with Crippen molar-refractivity contribution in [1.82, 2.24) is 0 Å². The molecule has 0 aliphatic heterocycles. The van der Waals surface area contributed by atoms with E-state index in [1.807, 2.05) is 0 Å². The van der Waals surface area contributed by atoms with E-state index in [1.165, 1.54) is 12.1 Å². The summed E-state index contributed by atoms with van der Waals surface area (Å²) in [5.74, 6) is -39.1. The lowest BCUT2D eigenvalue weighted by molar-refractivity contribution is -0.352. The molecule has 3 aliphatic rings. The van der Waals surface area contributed by atoms with E-state index in [1.54, 1.807) is 18.2 Å². The number of benzene rings is 1. The van der Waals surface area contributed by atoms with Gasteiger partial charge in [-0.1, -0.05) is 24.6 Å². The smallest absolute Gasteiger partial charge is 0.422 e. The number of alkyl halides is 19. The summed E-state index contributed by atoms with van der Waals surface area (Å²) in [6.45, 7) is 1.20. The van der Waals surface area contributed by atoms with E-state index in [2.05, 4.69) is 9.47 Å². The fourth-order valence-corrected chi connectivity index (χ4v) is 7.62. The van der Waals surface area contributed by atoms with Gasteiger partial charge in [-0.15, -0.1) is 0 Å². The first-order valence-electron chi connectivity index (χ1n) is 28.6. The van der Waals surface area contributed by atoms with Crippen LogP contribution in [0.5, 0.6) is 5.75 Å². The van der Waals surface area contributed by atoms with Crippen molar-refractivity contribution < 1.29 is 221 Å². The van der Waals surface area contributed by atoms with E-state index < -0.39 is 207 Å². The zero-order valence-electron chi connectivity index (χ0n) is 53.9. The first-order chi connectivity index (χ1) is 46.6. The number of hydrogen-bond acceptors (Lipinski definition) is 28. The van der Waals surface area contributed by atoms with Gasteiger partial charge in [-0.05, 0) is 96.1 Å². The average molecular weight is 1560 g/mol. The van der Waals surface area contributed by atoms with Crippen molar-refractivity contribution in [3.05, 3.63) is 30.3 Å². The number of aliphatic hydroxyl groups excluding tert-OH is 1. The Labute approximate surface area is 573 Å². The molecule has 3 aliphatic carbocycles. The van der Waals surface area contributed by atoms with Gasteiger partial charge in [0.15, 0.2) is 17.3 Å². The molecule has 3 fully saturated rings. The molecule has 3 N–H and O–H groups in total. The standard InChI is InChI=1S/C12H16F2O4.C11H16F2O4.C11H10F2O4.C6H8F2O4.C6H8F2O3.2C4H5F3O3.C3H3F3O3/c13-12(14,5-10(15)16)6-11(17)18-9-4-7-1-2-8(9)3-7;2*12-11(13,6-9(14)15)7-10(16)17-8-4-2-1-3-5-8;1-12-5(11)3-6(7,8)2-4(9)10;1-4(9)2-6(7,8)3-5(10)11;2*1-3(10,2(8)9)4(5,6)7;4-3(5,6)1(7)2(8)9/h7-9H,1-6H2,(H,15,16);8H,1-7H2,(H,14,15);1-5H,6-7H2,(H,14,15);2-3H2,1H3,(H,9,10);2-3H2,1H3,(H,10,11);2*10H,1H3,(H,8,9);1,7H,(H,8,9)/p-8. The van der Waals surface area contributed by atoms with Gasteiger partial charge >= 0.3 is 42.4 Å². The van der Waals surface area contributed by atoms with Gasteiger partial charge in [-0.2, -0.15) is 39.5 Å². The van der Waals surface area contributed by atoms with Gasteiger partial charge in [0.05, 0.1) is 63.5 Å². The number of hydrogen-bond donors (Lipinski definition) is 3. The quantitative estimate of drug-likeness (QED) is 0.0411. The van der Waals surface area contributed by atoms with Gasteiger partial charge in [0.2, 0.25) is 0 Å². The monoisotopic (exact) mass is 1560 g/mol. The molecule has 0 spiro atoms. The number of fused-ring (bicyclic) bond motifs is 2. The largest absolute Gasteiger partial charge is 0.550 e. The van der Waals surface area contributed by atoms with Crippen molar-refractivity contribution in [1.29, 1.82) is 0 Å². The Hall–Kier alpha value is -8.92. The SMILES string of the molecule is CC(=O)CC(F)(F)CC(=O)[O-].CC(O)(C(=O)[O-])C(F)(F)F.CC(O)(C(=O)[O-])C(F)(F)F.COC(=O)CC(F)(F)CC(=O)[O-].O=C([O-])C(O)C(F)(F)F.O=C([O-])CC(F)(F)CC(=O)OC1CC2CCC1C2.O=C([O-])CC(F)(F)CC(=O)OC1CCCCC1.O=C([O-])CC(F)(F)CC(=O)Oc1ccccc1. The molecular weight excluding hydrogens is 1490 g/mol. The second-order valence-corrected chi connectivity index (χ2v) is 22.4. The molecule has 6 atom stereocenters. The predicted molar refractivity (Wildman–Crippen MR) is 279 cm³/mol. The third-order valence-corrected chi connectivity index (χ3v) is 12.6. The molecule has 47 heteroatoms. The van der Waals surface area contributed by atoms with Crippen LogP contribution in [0, 0.1) is 11.8 Å². The number of aliphatic carboxylic acids is 8. The Bertz CT molecular complexity index is 2910. The van der Waals surface area contributed by atoms with Gasteiger partial charge in [-0.25, -0.2) is 43.9 Å². The third-order valence-electron chi connectivity index (χ3n) is 12.6. The Morgan fingerprint density at radius 1 is 0.442 bits per heavy atom. The minimum absolute atomic E-state index is 0.113. The molecule has 0 amide bonds. The molecular formula is C57H63F19O28-8. The van der Waals surface area contributed by atoms with Crippen LogP contribution in [-0.2, 0) is 76.5 Å². The van der Waals surface area contributed by atoms with Crippen LogP contribution in [0.3, 0.4) is 0 Å². The lowest BCUT2D eigenvalue weighted by atomic mass is 9.98. The van der Waals surface area contributed by atoms with E-state index in [9.17, 15) is 187 Å². The van der Waals surface area contributed by atoms with Crippen molar-refractivity contribution in [2.24, 2.45) is 11.8 Å². The maximum atomic E-state index is 13.1. The van der Waals surface area contributed by atoms with E-state index >= 15 is 0 Å². The maximum absolute atomic E-state index is 13.1. The molecule has 0 heterocycles. The summed E-state index contributed by atoms with van der Waals surface area (Å²) in [7, 11) is 0.942. The van der Waals surface area contributed by atoms with Gasteiger partial charge in [0.1, 0.15) is 49.4 Å². The van der Waals surface area contributed by atoms with E-state index in [0.717, 1.165) is 59.0 Å². The molecule has 28 nitrogen and oxygen atoms in total. The Morgan fingerprint density at radius 3 is 1.02 bits per heavy atom. The first kappa shape index (κ1) is 101. The van der Waals surface area contributed by atoms with Crippen LogP contribution in [0.4, 0.5) is 83.4 Å². The van der Waals surface area contributed by atoms with Crippen LogP contribution in [0.15, 0.2) is 30.3 Å². The lowest BCUT2D eigenvalue weighted by Gasteiger charge is -2.26. The van der Waals surface area contributed by atoms with Crippen molar-refractivity contribution in [3.63, 3.8) is 0 Å². The zero-order chi connectivity index (χ0) is 82.8. The Balaban J connectivity index is -0.000000557. The van der Waals surface area contributed by atoms with Crippen molar-refractivity contribution in [3.8, 4) is 5.75 Å². The van der Waals surface area contributed by atoms with Crippen molar-refractivity contribution in [2.75, 3.05) is 7.11 Å². The molecule has 1 aromatic carbocycles. The number of ether oxygens (including phenoxy) is 4. The number of halogens is 19. The lowest BCUT2D eigenvalue weighted by Crippen LogP contribution is -2.56. The zero-order valence-corrected chi connectivity index (χ0v) is 53.9. The van der Waals surface area contributed by atoms with Crippen LogP contribution < -0.4 is 45.6 Å². The van der Waals surface area contributed by atoms with Crippen LogP contribution >= 0.6 is 0 Å². The molecule has 0 radical (unpaired) electrons. The van der Waals surface area contributed by atoms with Crippen molar-refractivity contribution >= 4 is 77.4 Å². The van der Waals surface area contributed by atoms with Crippen LogP contribution in [-0.4, -0.2) is 177 Å². The number of ketones is 1. The van der Waals surface area contributed by atoms with Crippen LogP contribution in [0.1, 0.15) is 143 Å². The summed E-state index contributed by atoms with van der Waals surface area (Å²) in [5, 5.41) is 102. The minimum Gasteiger partial charge on any atom is -0.550 e. The summed E-state index contributed by atoms with van der Waals surface area (Å²) in [4.78, 5) is 132. The van der Waals surface area contributed by atoms with E-state index in [0.29, 0.717) is 24.7 Å². The number of carboxylic acid groups (broad SMARTS) is 8. The van der Waals surface area contributed by atoms with Crippen molar-refractivity contribution in [2.45, 2.75) is 220 Å². The molecule has 6 unspecified atom stereocenters. The first-order valence-corrected chi connectivity index (χ1v) is 28.6. The number of para-hydroxylation sites is 1. The van der Waals surface area contributed by atoms with Gasteiger partial charge < -0.3 is 113 Å². The Kier molecular flexibility index (Phi) is 42.9. The highest BCUT2D eigenvalue weighted by molar-refractivity contribution is 5.78. The van der Waals surface area contributed by atoms with Crippen LogP contribution in [0.25, 0.3) is 0 Å². The predicted octanol–water partition coefficient (Wildman–Crippen LogP) is -1.51. The van der Waals surface area contributed by atoms with Gasteiger partial charge in [0.25, 0.3) is 29.6 Å². The number of carbonyl (C=O) groups is 13. The summed E-state index contributed by atoms with van der Waals surface area (Å²) >= 11 is 0. The number of aliphatic hydroxyl groups is 3. The summed E-state index contributed by atoms with van der Waals surface area (Å²) < 4.78 is 247. The van der Waals surface area contributed by atoms with E-state index in [-0.39, 0.29) is 31.8 Å². The number of esters is 4. The second kappa shape index (κ2) is 44.0. The number of carboxylic acids is 8. The number of rotatable bonds is 26. The molecule has 3 saturated carbocycles. The second-order valence-electron chi connectivity index (χ2n) is 22.4. The molecule has 0 saturated heterocycles. The minimum atomic E-state index is -5.19. The summed E-state index contributed by atoms with van der Waals surface area (Å²) in [6, 6.07) is 7.66. The molecule has 0 aromatic heterocycles. The molecule has 4 rings (SSSR count). The molecule has 104 heavy (non-hydrogen) atoms. The number of carbonyl (C=O) groups excluding carboxylic acids is 13. The normalized spacial score (nSPS) is 17.2. The van der Waals surface area contributed by atoms with Crippen LogP contribution in [0.2, 0.25) is 0 Å². The maximum Gasteiger partial charge on any atom is 0.422 e. The highest BCUT2D eigenvalue weighted by Crippen LogP contribution is 2.46. The van der Waals surface area contributed by atoms with E-state index in [4.69, 9.17) is 24.8 Å². The fourth-order valence-electron chi connectivity index (χ4n) is 7.62. The highest BCUT2D eigenvalue weighted by atomic mass is 19.4. The molecule has 600 valence electrons. The average Bonchev–Trinajstić information content (AvgIpc) is 1.70. The molecule has 2 bridgehead atoms. The highest BCUT2D eigenvalue weighted by Gasteiger charge is 2.52. The topological polar surface area (TPSA) is 504 Å². The van der Waals surface area contributed by atoms with Gasteiger partial charge in [-0.3, -0.25) is 24.0 Å². The number of methoxy groups -OCH3 is 1. The fraction of sp³-hybridized carbons (Fsp3) is 0.667.